The minimum Gasteiger partial charge on any atom is -0.481 e. The predicted octanol–water partition coefficient (Wildman–Crippen LogP) is 3.94. The number of nitrogens with one attached hydrogen (secondary N) is 1. The number of carboxylic acids is 1. The second kappa shape index (κ2) is 10.3. The molecule has 2 aromatic rings. The van der Waals surface area contributed by atoms with Crippen molar-refractivity contribution >= 4 is 18.0 Å². The summed E-state index contributed by atoms with van der Waals surface area (Å²) in [5.74, 6) is -1.14. The fourth-order valence-corrected chi connectivity index (χ4v) is 4.75. The lowest BCUT2D eigenvalue weighted by Gasteiger charge is -2.34. The Bertz CT molecular complexity index is 1020. The third-order valence-corrected chi connectivity index (χ3v) is 6.29. The Morgan fingerprint density at radius 1 is 1.03 bits per heavy atom. The van der Waals surface area contributed by atoms with E-state index in [2.05, 4.69) is 29.6 Å². The molecule has 2 aromatic carbocycles. The Kier molecular flexibility index (Phi) is 7.07. The van der Waals surface area contributed by atoms with Gasteiger partial charge in [-0.15, -0.1) is 0 Å². The SMILES string of the molecule is O=C(O)C[C@@H]1CCCCN1C(=O)/C=C/CNC(=O)OCC1c2ccccc2-c2ccccc21. The van der Waals surface area contributed by atoms with Crippen LogP contribution in [0.5, 0.6) is 0 Å². The number of carbonyl (C=O) groups is 3. The zero-order valence-corrected chi connectivity index (χ0v) is 18.4. The lowest BCUT2D eigenvalue weighted by Crippen LogP contribution is -2.44. The van der Waals surface area contributed by atoms with E-state index in [0.717, 1.165) is 24.0 Å². The predicted molar refractivity (Wildman–Crippen MR) is 124 cm³/mol. The van der Waals surface area contributed by atoms with Crippen LogP contribution in [0.1, 0.15) is 42.7 Å². The minimum atomic E-state index is -0.902. The zero-order chi connectivity index (χ0) is 23.2. The Morgan fingerprint density at radius 3 is 2.36 bits per heavy atom. The summed E-state index contributed by atoms with van der Waals surface area (Å²) in [6.07, 6.45) is 4.86. The lowest BCUT2D eigenvalue weighted by atomic mass is 9.98. The number of alkyl carbamates (subject to hydrolysis) is 1. The van der Waals surface area contributed by atoms with E-state index < -0.39 is 12.1 Å². The molecule has 2 aliphatic rings. The summed E-state index contributed by atoms with van der Waals surface area (Å²) in [5.41, 5.74) is 4.63. The van der Waals surface area contributed by atoms with Gasteiger partial charge in [0.05, 0.1) is 6.42 Å². The molecule has 7 nitrogen and oxygen atoms in total. The highest BCUT2D eigenvalue weighted by molar-refractivity contribution is 5.88. The highest BCUT2D eigenvalue weighted by Crippen LogP contribution is 2.44. The molecule has 4 rings (SSSR count). The van der Waals surface area contributed by atoms with Crippen molar-refractivity contribution < 1.29 is 24.2 Å². The average molecular weight is 449 g/mol. The molecule has 1 atom stereocenters. The van der Waals surface area contributed by atoms with E-state index in [9.17, 15) is 14.4 Å². The highest BCUT2D eigenvalue weighted by Gasteiger charge is 2.29. The molecule has 1 saturated heterocycles. The molecule has 1 aliphatic carbocycles. The summed E-state index contributed by atoms with van der Waals surface area (Å²) in [7, 11) is 0. The van der Waals surface area contributed by atoms with Crippen LogP contribution < -0.4 is 5.32 Å². The number of amides is 2. The van der Waals surface area contributed by atoms with Crippen LogP contribution in [0.3, 0.4) is 0 Å². The van der Waals surface area contributed by atoms with Gasteiger partial charge < -0.3 is 20.1 Å². The highest BCUT2D eigenvalue weighted by atomic mass is 16.5. The van der Waals surface area contributed by atoms with Crippen LogP contribution in [0, 0.1) is 0 Å². The molecule has 1 fully saturated rings. The van der Waals surface area contributed by atoms with E-state index in [1.807, 2.05) is 24.3 Å². The van der Waals surface area contributed by atoms with Gasteiger partial charge in [-0.05, 0) is 41.5 Å². The van der Waals surface area contributed by atoms with Crippen molar-refractivity contribution in [2.75, 3.05) is 19.7 Å². The summed E-state index contributed by atoms with van der Waals surface area (Å²) < 4.78 is 5.48. The van der Waals surface area contributed by atoms with Crippen molar-refractivity contribution in [2.45, 2.75) is 37.6 Å². The summed E-state index contributed by atoms with van der Waals surface area (Å²) in [6.45, 7) is 0.938. The maximum absolute atomic E-state index is 12.5. The van der Waals surface area contributed by atoms with Crippen molar-refractivity contribution in [2.24, 2.45) is 0 Å². The molecule has 0 bridgehead atoms. The number of ether oxygens (including phenoxy) is 1. The second-order valence-electron chi connectivity index (χ2n) is 8.39. The number of likely N-dealkylation sites (tertiary alicyclic amines) is 1. The van der Waals surface area contributed by atoms with Gasteiger partial charge in [0.2, 0.25) is 5.91 Å². The third kappa shape index (κ3) is 5.25. The van der Waals surface area contributed by atoms with Crippen LogP contribution in [0.25, 0.3) is 11.1 Å². The maximum Gasteiger partial charge on any atom is 0.407 e. The molecule has 0 spiro atoms. The quantitative estimate of drug-likeness (QED) is 0.626. The molecule has 33 heavy (non-hydrogen) atoms. The first kappa shape index (κ1) is 22.6. The number of hydrogen-bond acceptors (Lipinski definition) is 4. The van der Waals surface area contributed by atoms with E-state index in [-0.39, 0.29) is 37.4 Å². The van der Waals surface area contributed by atoms with Crippen molar-refractivity contribution in [3.8, 4) is 11.1 Å². The fourth-order valence-electron chi connectivity index (χ4n) is 4.75. The van der Waals surface area contributed by atoms with Gasteiger partial charge in [-0.1, -0.05) is 54.6 Å². The normalized spacial score (nSPS) is 17.5. The molecule has 2 amide bonds. The van der Waals surface area contributed by atoms with Gasteiger partial charge in [0.25, 0.3) is 0 Å². The number of fused-ring (bicyclic) bond motifs is 3. The molecule has 2 N–H and O–H groups in total. The number of benzene rings is 2. The zero-order valence-electron chi connectivity index (χ0n) is 18.4. The van der Waals surface area contributed by atoms with Crippen LogP contribution in [-0.4, -0.2) is 53.7 Å². The largest absolute Gasteiger partial charge is 0.481 e. The van der Waals surface area contributed by atoms with Gasteiger partial charge in [0.1, 0.15) is 6.61 Å². The number of rotatable bonds is 7. The number of nitrogens with zero attached hydrogens (tertiary/aromatic N) is 1. The van der Waals surface area contributed by atoms with Gasteiger partial charge >= 0.3 is 12.1 Å². The van der Waals surface area contributed by atoms with Gasteiger partial charge in [-0.2, -0.15) is 0 Å². The van der Waals surface area contributed by atoms with E-state index in [0.29, 0.717) is 13.0 Å². The molecule has 0 radical (unpaired) electrons. The van der Waals surface area contributed by atoms with E-state index in [1.54, 1.807) is 11.0 Å². The molecule has 172 valence electrons. The molecule has 0 saturated carbocycles. The van der Waals surface area contributed by atoms with Gasteiger partial charge in [-0.25, -0.2) is 4.79 Å². The number of carbonyl (C=O) groups excluding carboxylic acids is 2. The smallest absolute Gasteiger partial charge is 0.407 e. The first-order valence-electron chi connectivity index (χ1n) is 11.3. The van der Waals surface area contributed by atoms with Crippen molar-refractivity contribution in [3.63, 3.8) is 0 Å². The molecular weight excluding hydrogens is 420 g/mol. The van der Waals surface area contributed by atoms with Gasteiger partial charge in [-0.3, -0.25) is 9.59 Å². The summed E-state index contributed by atoms with van der Waals surface area (Å²) in [6, 6.07) is 16.0. The van der Waals surface area contributed by atoms with Crippen molar-refractivity contribution in [3.05, 3.63) is 71.8 Å². The third-order valence-electron chi connectivity index (χ3n) is 6.29. The number of aliphatic carboxylic acids is 1. The number of carboxylic acid groups (broad SMARTS) is 1. The van der Waals surface area contributed by atoms with E-state index in [4.69, 9.17) is 9.84 Å². The number of piperidine rings is 1. The van der Waals surface area contributed by atoms with E-state index in [1.165, 1.54) is 17.2 Å². The Balaban J connectivity index is 1.27. The van der Waals surface area contributed by atoms with Crippen LogP contribution in [0.2, 0.25) is 0 Å². The first-order valence-corrected chi connectivity index (χ1v) is 11.3. The van der Waals surface area contributed by atoms with Crippen LogP contribution >= 0.6 is 0 Å². The Labute approximate surface area is 193 Å². The molecule has 7 heteroatoms. The summed E-state index contributed by atoms with van der Waals surface area (Å²) in [4.78, 5) is 37.3. The van der Waals surface area contributed by atoms with Gasteiger partial charge in [0.15, 0.2) is 0 Å². The van der Waals surface area contributed by atoms with Crippen molar-refractivity contribution in [1.82, 2.24) is 10.2 Å². The summed E-state index contributed by atoms with van der Waals surface area (Å²) in [5, 5.41) is 11.7. The average Bonchev–Trinajstić information content (AvgIpc) is 3.14. The Hall–Kier alpha value is -3.61. The fraction of sp³-hybridized carbons (Fsp3) is 0.346. The Morgan fingerprint density at radius 2 is 1.70 bits per heavy atom. The van der Waals surface area contributed by atoms with Crippen LogP contribution in [0.4, 0.5) is 4.79 Å². The lowest BCUT2D eigenvalue weighted by molar-refractivity contribution is -0.140. The topological polar surface area (TPSA) is 95.9 Å². The van der Waals surface area contributed by atoms with Gasteiger partial charge in [0, 0.05) is 31.1 Å². The molecule has 0 unspecified atom stereocenters. The minimum absolute atomic E-state index is 0.00876. The molecule has 0 aromatic heterocycles. The summed E-state index contributed by atoms with van der Waals surface area (Å²) >= 11 is 0. The van der Waals surface area contributed by atoms with Crippen LogP contribution in [-0.2, 0) is 14.3 Å². The first-order chi connectivity index (χ1) is 16.0. The molecule has 1 heterocycles. The van der Waals surface area contributed by atoms with Crippen molar-refractivity contribution in [1.29, 1.82) is 0 Å². The molecular formula is C26H28N2O5. The number of hydrogen-bond donors (Lipinski definition) is 2. The van der Waals surface area contributed by atoms with E-state index >= 15 is 0 Å². The standard InChI is InChI=1S/C26H28N2O5/c29-24(28-15-6-5-8-18(28)16-25(30)31)13-7-14-27-26(32)33-17-23-21-11-3-1-9-19(21)20-10-2-4-12-22(20)23/h1-4,7,9-13,18,23H,5-6,8,14-17H2,(H,27,32)(H,30,31)/b13-7+/t18-/m0/s1. The second-order valence-corrected chi connectivity index (χ2v) is 8.39. The van der Waals surface area contributed by atoms with Crippen LogP contribution in [0.15, 0.2) is 60.7 Å². The molecule has 1 aliphatic heterocycles. The maximum atomic E-state index is 12.5. The monoisotopic (exact) mass is 448 g/mol.